The third-order valence-electron chi connectivity index (χ3n) is 3.53. The first kappa shape index (κ1) is 13.0. The van der Waals surface area contributed by atoms with Crippen molar-refractivity contribution in [3.05, 3.63) is 17.6 Å². The number of halogens is 2. The molecule has 2 rings (SSSR count). The SMILES string of the molecule is CCc1nc(F)c(C2(C(N)=O)CCCC(F)C2)o1. The highest BCUT2D eigenvalue weighted by atomic mass is 19.1. The molecule has 2 atom stereocenters. The molecule has 100 valence electrons. The number of nitrogens with zero attached hydrogens (tertiary/aromatic N) is 1. The summed E-state index contributed by atoms with van der Waals surface area (Å²) in [5.41, 5.74) is 3.97. The molecule has 6 heteroatoms. The van der Waals surface area contributed by atoms with E-state index >= 15 is 0 Å². The molecule has 0 saturated heterocycles. The predicted molar refractivity (Wildman–Crippen MR) is 60.1 cm³/mol. The van der Waals surface area contributed by atoms with Crippen molar-refractivity contribution in [1.82, 2.24) is 4.98 Å². The van der Waals surface area contributed by atoms with Crippen LogP contribution in [0.1, 0.15) is 44.3 Å². The molecular formula is C12H16F2N2O2. The Kier molecular flexibility index (Phi) is 3.36. The van der Waals surface area contributed by atoms with Crippen molar-refractivity contribution >= 4 is 5.91 Å². The molecule has 0 radical (unpaired) electrons. The zero-order valence-electron chi connectivity index (χ0n) is 10.2. The van der Waals surface area contributed by atoms with E-state index in [1.165, 1.54) is 0 Å². The van der Waals surface area contributed by atoms with Gasteiger partial charge in [0.25, 0.3) is 5.95 Å². The maximum Gasteiger partial charge on any atom is 0.255 e. The summed E-state index contributed by atoms with van der Waals surface area (Å²) in [6, 6.07) is 0. The molecule has 1 amide bonds. The first-order chi connectivity index (χ1) is 8.49. The molecule has 18 heavy (non-hydrogen) atoms. The molecule has 1 fully saturated rings. The summed E-state index contributed by atoms with van der Waals surface area (Å²) in [5.74, 6) is -1.60. The first-order valence-electron chi connectivity index (χ1n) is 6.09. The van der Waals surface area contributed by atoms with Crippen LogP contribution in [0.4, 0.5) is 8.78 Å². The minimum atomic E-state index is -1.39. The number of amides is 1. The average molecular weight is 258 g/mol. The molecule has 0 spiro atoms. The number of nitrogens with two attached hydrogens (primary N) is 1. The summed E-state index contributed by atoms with van der Waals surface area (Å²) >= 11 is 0. The minimum absolute atomic E-state index is 0.127. The highest BCUT2D eigenvalue weighted by Crippen LogP contribution is 2.41. The Morgan fingerprint density at radius 3 is 2.89 bits per heavy atom. The van der Waals surface area contributed by atoms with Crippen LogP contribution in [-0.4, -0.2) is 17.1 Å². The summed E-state index contributed by atoms with van der Waals surface area (Å²) < 4.78 is 32.6. The Morgan fingerprint density at radius 2 is 2.39 bits per heavy atom. The van der Waals surface area contributed by atoms with Crippen molar-refractivity contribution in [3.63, 3.8) is 0 Å². The van der Waals surface area contributed by atoms with E-state index in [1.54, 1.807) is 6.92 Å². The van der Waals surface area contributed by atoms with Crippen molar-refractivity contribution in [2.45, 2.75) is 50.6 Å². The van der Waals surface area contributed by atoms with Gasteiger partial charge in [-0.2, -0.15) is 9.37 Å². The molecular weight excluding hydrogens is 242 g/mol. The van der Waals surface area contributed by atoms with E-state index in [-0.39, 0.29) is 18.1 Å². The largest absolute Gasteiger partial charge is 0.441 e. The quantitative estimate of drug-likeness (QED) is 0.901. The third kappa shape index (κ3) is 2.00. The lowest BCUT2D eigenvalue weighted by molar-refractivity contribution is -0.126. The maximum absolute atomic E-state index is 13.8. The summed E-state index contributed by atoms with van der Waals surface area (Å²) in [6.45, 7) is 1.75. The molecule has 0 bridgehead atoms. The second kappa shape index (κ2) is 4.66. The van der Waals surface area contributed by atoms with Crippen molar-refractivity contribution in [3.8, 4) is 0 Å². The molecule has 1 aliphatic carbocycles. The monoisotopic (exact) mass is 258 g/mol. The van der Waals surface area contributed by atoms with Crippen LogP contribution in [0.25, 0.3) is 0 Å². The van der Waals surface area contributed by atoms with Crippen LogP contribution in [0.15, 0.2) is 4.42 Å². The Hall–Kier alpha value is -1.46. The summed E-state index contributed by atoms with van der Waals surface area (Å²) in [6.07, 6.45) is 0.262. The lowest BCUT2D eigenvalue weighted by Gasteiger charge is -2.33. The fraction of sp³-hybridized carbons (Fsp3) is 0.667. The second-order valence-corrected chi connectivity index (χ2v) is 4.72. The highest BCUT2D eigenvalue weighted by molar-refractivity contribution is 5.86. The summed E-state index contributed by atoms with van der Waals surface area (Å²) in [5, 5.41) is 0. The summed E-state index contributed by atoms with van der Waals surface area (Å²) in [7, 11) is 0. The number of hydrogen-bond acceptors (Lipinski definition) is 3. The molecule has 1 heterocycles. The van der Waals surface area contributed by atoms with Crippen molar-refractivity contribution in [2.24, 2.45) is 5.73 Å². The van der Waals surface area contributed by atoms with Gasteiger partial charge in [-0.1, -0.05) is 6.92 Å². The topological polar surface area (TPSA) is 69.1 Å². The number of primary amides is 1. The number of hydrogen-bond donors (Lipinski definition) is 1. The van der Waals surface area contributed by atoms with E-state index in [9.17, 15) is 13.6 Å². The van der Waals surface area contributed by atoms with E-state index in [0.717, 1.165) is 0 Å². The van der Waals surface area contributed by atoms with Gasteiger partial charge in [0.15, 0.2) is 11.7 Å². The van der Waals surface area contributed by atoms with E-state index < -0.39 is 23.4 Å². The molecule has 0 aromatic carbocycles. The van der Waals surface area contributed by atoms with Gasteiger partial charge in [0, 0.05) is 12.8 Å². The zero-order chi connectivity index (χ0) is 13.3. The maximum atomic E-state index is 13.8. The lowest BCUT2D eigenvalue weighted by atomic mass is 9.71. The van der Waals surface area contributed by atoms with Gasteiger partial charge in [0.05, 0.1) is 0 Å². The van der Waals surface area contributed by atoms with Gasteiger partial charge in [0.1, 0.15) is 11.6 Å². The van der Waals surface area contributed by atoms with Gasteiger partial charge in [0.2, 0.25) is 5.91 Å². The first-order valence-corrected chi connectivity index (χ1v) is 6.09. The number of alkyl halides is 1. The molecule has 1 aromatic heterocycles. The molecule has 1 aromatic rings. The summed E-state index contributed by atoms with van der Waals surface area (Å²) in [4.78, 5) is 15.3. The minimum Gasteiger partial charge on any atom is -0.441 e. The Morgan fingerprint density at radius 1 is 1.67 bits per heavy atom. The predicted octanol–water partition coefficient (Wildman–Crippen LogP) is 2.01. The van der Waals surface area contributed by atoms with Crippen LogP contribution in [0.2, 0.25) is 0 Å². The third-order valence-corrected chi connectivity index (χ3v) is 3.53. The Balaban J connectivity index is 2.46. The highest BCUT2D eigenvalue weighted by Gasteiger charge is 2.48. The van der Waals surface area contributed by atoms with Gasteiger partial charge in [-0.15, -0.1) is 0 Å². The fourth-order valence-corrected chi connectivity index (χ4v) is 2.54. The van der Waals surface area contributed by atoms with Gasteiger partial charge in [-0.3, -0.25) is 4.79 Å². The van der Waals surface area contributed by atoms with Gasteiger partial charge in [-0.25, -0.2) is 4.39 Å². The number of oxazole rings is 1. The molecule has 1 aliphatic rings. The standard InChI is InChI=1S/C12H16F2N2O2/c1-2-8-16-10(14)9(18-8)12(11(15)17)5-3-4-7(13)6-12/h7H,2-6H2,1H3,(H2,15,17). The average Bonchev–Trinajstić information content (AvgIpc) is 2.70. The van der Waals surface area contributed by atoms with Gasteiger partial charge >= 0.3 is 0 Å². The van der Waals surface area contributed by atoms with Crippen molar-refractivity contribution < 1.29 is 18.0 Å². The molecule has 2 unspecified atom stereocenters. The number of rotatable bonds is 3. The van der Waals surface area contributed by atoms with Crippen LogP contribution >= 0.6 is 0 Å². The second-order valence-electron chi connectivity index (χ2n) is 4.72. The van der Waals surface area contributed by atoms with Crippen LogP contribution in [0.3, 0.4) is 0 Å². The van der Waals surface area contributed by atoms with Crippen LogP contribution in [-0.2, 0) is 16.6 Å². The molecule has 4 nitrogen and oxygen atoms in total. The number of carbonyl (C=O) groups is 1. The lowest BCUT2D eigenvalue weighted by Crippen LogP contribution is -2.45. The van der Waals surface area contributed by atoms with E-state index in [0.29, 0.717) is 25.7 Å². The van der Waals surface area contributed by atoms with Crippen LogP contribution in [0, 0.1) is 5.95 Å². The number of aromatic nitrogens is 1. The smallest absolute Gasteiger partial charge is 0.255 e. The molecule has 0 aliphatic heterocycles. The fourth-order valence-electron chi connectivity index (χ4n) is 2.54. The zero-order valence-corrected chi connectivity index (χ0v) is 10.2. The van der Waals surface area contributed by atoms with E-state index in [4.69, 9.17) is 10.2 Å². The Labute approximate surface area is 104 Å². The number of carbonyl (C=O) groups excluding carboxylic acids is 1. The molecule has 1 saturated carbocycles. The van der Waals surface area contributed by atoms with Crippen LogP contribution < -0.4 is 5.73 Å². The van der Waals surface area contributed by atoms with E-state index in [1.807, 2.05) is 0 Å². The molecule has 2 N–H and O–H groups in total. The van der Waals surface area contributed by atoms with Crippen molar-refractivity contribution in [1.29, 1.82) is 0 Å². The van der Waals surface area contributed by atoms with Gasteiger partial charge in [-0.05, 0) is 19.3 Å². The van der Waals surface area contributed by atoms with Crippen LogP contribution in [0.5, 0.6) is 0 Å². The van der Waals surface area contributed by atoms with Gasteiger partial charge < -0.3 is 10.2 Å². The van der Waals surface area contributed by atoms with E-state index in [2.05, 4.69) is 4.98 Å². The normalized spacial score (nSPS) is 28.3. The number of aryl methyl sites for hydroxylation is 1. The Bertz CT molecular complexity index is 461. The van der Waals surface area contributed by atoms with Crippen molar-refractivity contribution in [2.75, 3.05) is 0 Å².